The maximum atomic E-state index is 12.9. The lowest BCUT2D eigenvalue weighted by molar-refractivity contribution is -0.140. The second-order valence-corrected chi connectivity index (χ2v) is 8.04. The molecular formula is C21H31ClN6O4. The van der Waals surface area contributed by atoms with Gasteiger partial charge in [-0.15, -0.1) is 11.6 Å². The van der Waals surface area contributed by atoms with Crippen molar-refractivity contribution in [3.05, 3.63) is 29.8 Å². The summed E-state index contributed by atoms with van der Waals surface area (Å²) < 4.78 is 0. The van der Waals surface area contributed by atoms with Gasteiger partial charge in [-0.3, -0.25) is 19.4 Å². The van der Waals surface area contributed by atoms with Crippen LogP contribution in [0, 0.1) is 0 Å². The van der Waals surface area contributed by atoms with E-state index in [0.29, 0.717) is 38.8 Å². The number of nitrogens with zero attached hydrogens (tertiary/aromatic N) is 2. The molecule has 8 N–H and O–H groups in total. The number of hydrogen-bond donors (Lipinski definition) is 5. The van der Waals surface area contributed by atoms with Gasteiger partial charge in [0.05, 0.1) is 18.0 Å². The predicted octanol–water partition coefficient (Wildman–Crippen LogP) is -0.401. The molecule has 10 nitrogen and oxygen atoms in total. The molecule has 1 saturated heterocycles. The predicted molar refractivity (Wildman–Crippen MR) is 122 cm³/mol. The van der Waals surface area contributed by atoms with Crippen LogP contribution in [0.2, 0.25) is 0 Å². The first-order valence-electron chi connectivity index (χ1n) is 10.5. The van der Waals surface area contributed by atoms with Crippen molar-refractivity contribution < 1.29 is 19.5 Å². The van der Waals surface area contributed by atoms with Gasteiger partial charge >= 0.3 is 0 Å². The third-order valence-corrected chi connectivity index (χ3v) is 5.59. The Bertz CT molecular complexity index is 828. The van der Waals surface area contributed by atoms with Gasteiger partial charge in [-0.25, -0.2) is 0 Å². The van der Waals surface area contributed by atoms with E-state index in [2.05, 4.69) is 10.3 Å². The lowest BCUT2D eigenvalue weighted by Crippen LogP contribution is -2.54. The number of phenols is 1. The number of alkyl halides is 1. The lowest BCUT2D eigenvalue weighted by Gasteiger charge is -2.28. The van der Waals surface area contributed by atoms with Crippen LogP contribution in [-0.2, 0) is 20.8 Å². The topological polar surface area (TPSA) is 177 Å². The van der Waals surface area contributed by atoms with E-state index in [-0.39, 0.29) is 35.7 Å². The van der Waals surface area contributed by atoms with Crippen LogP contribution in [0.4, 0.5) is 0 Å². The monoisotopic (exact) mass is 466 g/mol. The standard InChI is InChI=1S/C21H31ClN6O4/c22-12-18(30)16(3-1-9-26-21(24)25)27-19(31)17-4-2-10-28(17)20(32)15(23)11-13-5-7-14(29)8-6-13/h5-8,15-17,29H,1-4,9-12,23H2,(H,27,31)(H4,24,25,26)/t15-,16-,17+/m0/s1. The molecule has 1 fully saturated rings. The zero-order valence-corrected chi connectivity index (χ0v) is 18.6. The molecule has 1 aromatic rings. The molecule has 1 aliphatic heterocycles. The minimum Gasteiger partial charge on any atom is -0.508 e. The van der Waals surface area contributed by atoms with Crippen molar-refractivity contribution in [2.24, 2.45) is 22.2 Å². The molecule has 1 aromatic carbocycles. The van der Waals surface area contributed by atoms with Crippen molar-refractivity contribution in [3.8, 4) is 5.75 Å². The maximum Gasteiger partial charge on any atom is 0.243 e. The van der Waals surface area contributed by atoms with Crippen molar-refractivity contribution in [2.45, 2.75) is 50.2 Å². The van der Waals surface area contributed by atoms with Gasteiger partial charge in [0, 0.05) is 13.1 Å². The number of likely N-dealkylation sites (tertiary alicyclic amines) is 1. The largest absolute Gasteiger partial charge is 0.508 e. The molecule has 0 spiro atoms. The number of aromatic hydroxyl groups is 1. The average molecular weight is 467 g/mol. The smallest absolute Gasteiger partial charge is 0.243 e. The Hall–Kier alpha value is -2.85. The molecule has 1 heterocycles. The summed E-state index contributed by atoms with van der Waals surface area (Å²) in [7, 11) is 0. The normalized spacial score (nSPS) is 17.4. The fraction of sp³-hybridized carbons (Fsp3) is 0.524. The summed E-state index contributed by atoms with van der Waals surface area (Å²) in [6.07, 6.45) is 2.24. The van der Waals surface area contributed by atoms with Crippen LogP contribution in [0.25, 0.3) is 0 Å². The Balaban J connectivity index is 1.98. The number of nitrogens with one attached hydrogen (secondary N) is 1. The Morgan fingerprint density at radius 3 is 2.56 bits per heavy atom. The van der Waals surface area contributed by atoms with Crippen LogP contribution in [0.15, 0.2) is 29.3 Å². The maximum absolute atomic E-state index is 12.9. The number of guanidine groups is 1. The van der Waals surface area contributed by atoms with Gasteiger partial charge in [0.25, 0.3) is 0 Å². The van der Waals surface area contributed by atoms with Crippen LogP contribution >= 0.6 is 11.6 Å². The van der Waals surface area contributed by atoms with Crippen LogP contribution in [0.1, 0.15) is 31.2 Å². The molecule has 0 saturated carbocycles. The number of hydrogen-bond acceptors (Lipinski definition) is 6. The zero-order chi connectivity index (χ0) is 23.7. The summed E-state index contributed by atoms with van der Waals surface area (Å²) in [5.41, 5.74) is 17.5. The fourth-order valence-corrected chi connectivity index (χ4v) is 3.85. The molecule has 32 heavy (non-hydrogen) atoms. The van der Waals surface area contributed by atoms with E-state index in [9.17, 15) is 19.5 Å². The quantitative estimate of drug-likeness (QED) is 0.127. The first-order chi connectivity index (χ1) is 15.2. The van der Waals surface area contributed by atoms with E-state index >= 15 is 0 Å². The number of nitrogens with two attached hydrogens (primary N) is 3. The van der Waals surface area contributed by atoms with E-state index in [1.165, 1.54) is 17.0 Å². The van der Waals surface area contributed by atoms with Crippen LogP contribution in [0.5, 0.6) is 5.75 Å². The number of aliphatic imine (C=N–C) groups is 1. The third kappa shape index (κ3) is 7.38. The van der Waals surface area contributed by atoms with E-state index in [1.807, 2.05) is 0 Å². The highest BCUT2D eigenvalue weighted by Crippen LogP contribution is 2.20. The molecular weight excluding hydrogens is 436 g/mol. The van der Waals surface area contributed by atoms with Crippen molar-refractivity contribution in [1.82, 2.24) is 10.2 Å². The molecule has 2 amide bonds. The molecule has 0 aliphatic carbocycles. The van der Waals surface area contributed by atoms with Crippen LogP contribution in [-0.4, -0.2) is 70.7 Å². The lowest BCUT2D eigenvalue weighted by atomic mass is 10.0. The molecule has 3 atom stereocenters. The van der Waals surface area contributed by atoms with Gasteiger partial charge in [0.15, 0.2) is 11.7 Å². The summed E-state index contributed by atoms with van der Waals surface area (Å²) in [5.74, 6) is -1.20. The molecule has 176 valence electrons. The highest BCUT2D eigenvalue weighted by molar-refractivity contribution is 6.28. The fourth-order valence-electron chi connectivity index (χ4n) is 3.67. The number of halogens is 1. The van der Waals surface area contributed by atoms with Gasteiger partial charge in [-0.1, -0.05) is 12.1 Å². The number of Topliss-reactive ketones (excluding diaryl/α,β-unsaturated/α-hetero) is 1. The van der Waals surface area contributed by atoms with Gasteiger partial charge in [0.1, 0.15) is 11.8 Å². The number of phenolic OH excluding ortho intramolecular Hbond substituents is 1. The second-order valence-electron chi connectivity index (χ2n) is 7.78. The van der Waals surface area contributed by atoms with Gasteiger partial charge in [0.2, 0.25) is 11.8 Å². The van der Waals surface area contributed by atoms with Crippen LogP contribution in [0.3, 0.4) is 0 Å². The zero-order valence-electron chi connectivity index (χ0n) is 17.9. The van der Waals surface area contributed by atoms with Gasteiger partial charge in [-0.05, 0) is 49.8 Å². The highest BCUT2D eigenvalue weighted by Gasteiger charge is 2.37. The summed E-state index contributed by atoms with van der Waals surface area (Å²) in [5, 5.41) is 12.1. The van der Waals surface area contributed by atoms with E-state index in [0.717, 1.165) is 5.56 Å². The summed E-state index contributed by atoms with van der Waals surface area (Å²) >= 11 is 5.70. The Kier molecular flexibility index (Phi) is 9.73. The van der Waals surface area contributed by atoms with E-state index in [1.54, 1.807) is 12.1 Å². The molecule has 0 aromatic heterocycles. The molecule has 0 bridgehead atoms. The van der Waals surface area contributed by atoms with Gasteiger partial charge < -0.3 is 32.5 Å². The first-order valence-corrected chi connectivity index (χ1v) is 11.0. The number of amides is 2. The molecule has 11 heteroatoms. The molecule has 2 rings (SSSR count). The number of rotatable bonds is 11. The van der Waals surface area contributed by atoms with Crippen molar-refractivity contribution >= 4 is 35.2 Å². The number of carbonyl (C=O) groups excluding carboxylic acids is 3. The minimum atomic E-state index is -0.826. The molecule has 0 radical (unpaired) electrons. The highest BCUT2D eigenvalue weighted by atomic mass is 35.5. The van der Waals surface area contributed by atoms with Crippen molar-refractivity contribution in [1.29, 1.82) is 0 Å². The van der Waals surface area contributed by atoms with E-state index in [4.69, 9.17) is 28.8 Å². The first kappa shape index (κ1) is 25.4. The Labute approximate surface area is 192 Å². The summed E-state index contributed by atoms with van der Waals surface area (Å²) in [6, 6.07) is 4.14. The molecule has 0 unspecified atom stereocenters. The van der Waals surface area contributed by atoms with E-state index < -0.39 is 24.0 Å². The second kappa shape index (κ2) is 12.3. The third-order valence-electron chi connectivity index (χ3n) is 5.33. The Morgan fingerprint density at radius 2 is 1.94 bits per heavy atom. The summed E-state index contributed by atoms with van der Waals surface area (Å²) in [4.78, 5) is 43.4. The average Bonchev–Trinajstić information content (AvgIpc) is 3.26. The van der Waals surface area contributed by atoms with Crippen molar-refractivity contribution in [2.75, 3.05) is 19.0 Å². The Morgan fingerprint density at radius 1 is 1.25 bits per heavy atom. The summed E-state index contributed by atoms with van der Waals surface area (Å²) in [6.45, 7) is 0.739. The number of ketones is 1. The van der Waals surface area contributed by atoms with Crippen molar-refractivity contribution in [3.63, 3.8) is 0 Å². The number of carbonyl (C=O) groups is 3. The SMILES string of the molecule is NC(N)=NCCC[C@H](NC(=O)[C@H]1CCCN1C(=O)[C@@H](N)Cc1ccc(O)cc1)C(=O)CCl. The minimum absolute atomic E-state index is 0.0435. The molecule has 1 aliphatic rings. The van der Waals surface area contributed by atoms with Crippen LogP contribution < -0.4 is 22.5 Å². The number of benzene rings is 1. The van der Waals surface area contributed by atoms with Gasteiger partial charge in [-0.2, -0.15) is 0 Å².